The second kappa shape index (κ2) is 6.32. The molecule has 21 heavy (non-hydrogen) atoms. The minimum Gasteiger partial charge on any atom is -0.311 e. The van der Waals surface area contributed by atoms with Gasteiger partial charge in [0, 0.05) is 38.3 Å². The molecular weight excluding hydrogens is 264 g/mol. The van der Waals surface area contributed by atoms with Crippen molar-refractivity contribution < 1.29 is 0 Å². The molecule has 6 heteroatoms. The van der Waals surface area contributed by atoms with E-state index in [2.05, 4.69) is 25.8 Å². The van der Waals surface area contributed by atoms with E-state index in [4.69, 9.17) is 0 Å². The van der Waals surface area contributed by atoms with Gasteiger partial charge in [0.1, 0.15) is 11.4 Å². The highest BCUT2D eigenvalue weighted by molar-refractivity contribution is 5.60. The fourth-order valence-electron chi connectivity index (χ4n) is 2.22. The fourth-order valence-corrected chi connectivity index (χ4v) is 2.22. The van der Waals surface area contributed by atoms with E-state index in [0.717, 1.165) is 35.6 Å². The van der Waals surface area contributed by atoms with Crippen molar-refractivity contribution in [3.8, 4) is 11.3 Å². The van der Waals surface area contributed by atoms with E-state index in [1.165, 1.54) is 0 Å². The van der Waals surface area contributed by atoms with Crippen molar-refractivity contribution in [2.24, 2.45) is 7.05 Å². The Morgan fingerprint density at radius 1 is 1.14 bits per heavy atom. The highest BCUT2D eigenvalue weighted by Gasteiger charge is 2.09. The molecule has 0 amide bonds. The molecule has 0 spiro atoms. The molecule has 0 bridgehead atoms. The molecule has 0 atom stereocenters. The molecule has 0 aliphatic rings. The third kappa shape index (κ3) is 3.35. The van der Waals surface area contributed by atoms with E-state index in [1.807, 2.05) is 54.3 Å². The molecule has 2 heterocycles. The maximum atomic E-state index is 4.35. The molecule has 0 radical (unpaired) electrons. The van der Waals surface area contributed by atoms with Gasteiger partial charge in [-0.05, 0) is 6.07 Å². The van der Waals surface area contributed by atoms with Gasteiger partial charge < -0.3 is 5.32 Å². The largest absolute Gasteiger partial charge is 0.311 e. The molecule has 0 aliphatic heterocycles. The lowest BCUT2D eigenvalue weighted by atomic mass is 10.1. The molecule has 6 nitrogen and oxygen atoms in total. The average molecular weight is 282 g/mol. The fraction of sp³-hybridized carbons (Fsp3) is 0.267. The van der Waals surface area contributed by atoms with Gasteiger partial charge in [0.15, 0.2) is 0 Å². The summed E-state index contributed by atoms with van der Waals surface area (Å²) in [6.07, 6.45) is 2.86. The minimum atomic E-state index is 0.688. The lowest BCUT2D eigenvalue weighted by Crippen LogP contribution is -2.17. The molecule has 3 rings (SSSR count). The predicted molar refractivity (Wildman–Crippen MR) is 80.4 cm³/mol. The molecule has 2 N–H and O–H groups in total. The second-order valence-electron chi connectivity index (χ2n) is 4.89. The van der Waals surface area contributed by atoms with E-state index >= 15 is 0 Å². The first-order valence-electron chi connectivity index (χ1n) is 6.97. The lowest BCUT2D eigenvalue weighted by Gasteiger charge is -2.03. The Kier molecular flexibility index (Phi) is 4.07. The van der Waals surface area contributed by atoms with Crippen LogP contribution in [0, 0.1) is 0 Å². The number of benzene rings is 1. The first-order chi connectivity index (χ1) is 10.3. The number of H-pyrrole nitrogens is 1. The molecule has 1 aromatic carbocycles. The minimum absolute atomic E-state index is 0.688. The van der Waals surface area contributed by atoms with Crippen LogP contribution in [0.1, 0.15) is 11.4 Å². The topological polar surface area (TPSA) is 71.4 Å². The lowest BCUT2D eigenvalue weighted by molar-refractivity contribution is 0.656. The number of aromatic nitrogens is 5. The van der Waals surface area contributed by atoms with Crippen LogP contribution in [0.4, 0.5) is 0 Å². The van der Waals surface area contributed by atoms with Crippen molar-refractivity contribution in [1.29, 1.82) is 0 Å². The van der Waals surface area contributed by atoms with Gasteiger partial charge in [-0.25, -0.2) is 0 Å². The first-order valence-corrected chi connectivity index (χ1v) is 6.97. The first kappa shape index (κ1) is 13.5. The summed E-state index contributed by atoms with van der Waals surface area (Å²) in [5.74, 6) is 0. The van der Waals surface area contributed by atoms with Gasteiger partial charge in [-0.2, -0.15) is 20.5 Å². The zero-order chi connectivity index (χ0) is 14.5. The summed E-state index contributed by atoms with van der Waals surface area (Å²) < 4.78 is 1.82. The zero-order valence-electron chi connectivity index (χ0n) is 12.0. The molecule has 108 valence electrons. The van der Waals surface area contributed by atoms with Gasteiger partial charge in [-0.15, -0.1) is 0 Å². The summed E-state index contributed by atoms with van der Waals surface area (Å²) in [5, 5.41) is 18.9. The quantitative estimate of drug-likeness (QED) is 0.673. The van der Waals surface area contributed by atoms with Gasteiger partial charge in [-0.1, -0.05) is 30.3 Å². The summed E-state index contributed by atoms with van der Waals surface area (Å²) >= 11 is 0. The van der Waals surface area contributed by atoms with Crippen LogP contribution in [0.25, 0.3) is 11.3 Å². The molecule has 0 unspecified atom stereocenters. The van der Waals surface area contributed by atoms with Crippen LogP contribution in [-0.4, -0.2) is 31.7 Å². The molecule has 0 saturated carbocycles. The van der Waals surface area contributed by atoms with Crippen molar-refractivity contribution >= 4 is 0 Å². The smallest absolute Gasteiger partial charge is 0.117 e. The number of nitrogens with zero attached hydrogens (tertiary/aromatic N) is 4. The summed E-state index contributed by atoms with van der Waals surface area (Å²) in [5.41, 5.74) is 4.00. The van der Waals surface area contributed by atoms with Crippen molar-refractivity contribution in [2.45, 2.75) is 13.0 Å². The molecular formula is C15H18N6. The van der Waals surface area contributed by atoms with Gasteiger partial charge in [0.2, 0.25) is 0 Å². The maximum absolute atomic E-state index is 4.35. The van der Waals surface area contributed by atoms with Crippen LogP contribution in [-0.2, 0) is 20.0 Å². The van der Waals surface area contributed by atoms with Crippen molar-refractivity contribution in [3.05, 3.63) is 54.0 Å². The van der Waals surface area contributed by atoms with E-state index < -0.39 is 0 Å². The summed E-state index contributed by atoms with van der Waals surface area (Å²) in [4.78, 5) is 0. The van der Waals surface area contributed by atoms with Crippen molar-refractivity contribution in [1.82, 2.24) is 30.5 Å². The Morgan fingerprint density at radius 3 is 2.76 bits per heavy atom. The molecule has 0 aliphatic carbocycles. The number of hydrogen-bond acceptors (Lipinski definition) is 4. The van der Waals surface area contributed by atoms with Crippen LogP contribution in [0.2, 0.25) is 0 Å². The molecule has 0 saturated heterocycles. The number of aryl methyl sites for hydroxylation is 1. The predicted octanol–water partition coefficient (Wildman–Crippen LogP) is 1.54. The Labute approximate surface area is 123 Å². The molecule has 0 fully saturated rings. The van der Waals surface area contributed by atoms with E-state index in [1.54, 1.807) is 0 Å². The number of hydrogen-bond donors (Lipinski definition) is 2. The number of nitrogens with one attached hydrogen (secondary N) is 2. The standard InChI is InChI=1S/C15H18N6/c1-21-10-8-13(19-21)7-9-16-11-14-15(18-20-17-14)12-5-3-2-4-6-12/h2-6,8,10,16H,7,9,11H2,1H3,(H,17,18,20). The zero-order valence-corrected chi connectivity index (χ0v) is 12.0. The normalized spacial score (nSPS) is 10.9. The third-order valence-corrected chi connectivity index (χ3v) is 3.29. The van der Waals surface area contributed by atoms with E-state index in [9.17, 15) is 0 Å². The monoisotopic (exact) mass is 282 g/mol. The maximum Gasteiger partial charge on any atom is 0.117 e. The Morgan fingerprint density at radius 2 is 2.00 bits per heavy atom. The average Bonchev–Trinajstić information content (AvgIpc) is 3.13. The SMILES string of the molecule is Cn1ccc(CCNCc2n[nH]nc2-c2ccccc2)n1. The van der Waals surface area contributed by atoms with Gasteiger partial charge in [-0.3, -0.25) is 4.68 Å². The van der Waals surface area contributed by atoms with Crippen LogP contribution >= 0.6 is 0 Å². The summed E-state index contributed by atoms with van der Waals surface area (Å²) in [6.45, 7) is 1.55. The van der Waals surface area contributed by atoms with E-state index in [-0.39, 0.29) is 0 Å². The van der Waals surface area contributed by atoms with E-state index in [0.29, 0.717) is 6.54 Å². The van der Waals surface area contributed by atoms with Crippen LogP contribution in [0.5, 0.6) is 0 Å². The van der Waals surface area contributed by atoms with Crippen LogP contribution < -0.4 is 5.32 Å². The number of aromatic amines is 1. The Bertz CT molecular complexity index is 685. The third-order valence-electron chi connectivity index (χ3n) is 3.29. The van der Waals surface area contributed by atoms with Gasteiger partial charge in [0.25, 0.3) is 0 Å². The summed E-state index contributed by atoms with van der Waals surface area (Å²) in [6, 6.07) is 12.1. The second-order valence-corrected chi connectivity index (χ2v) is 4.89. The van der Waals surface area contributed by atoms with Gasteiger partial charge >= 0.3 is 0 Å². The highest BCUT2D eigenvalue weighted by atomic mass is 15.3. The Hall–Kier alpha value is -2.47. The molecule has 3 aromatic rings. The molecule has 2 aromatic heterocycles. The summed E-state index contributed by atoms with van der Waals surface area (Å²) in [7, 11) is 1.93. The van der Waals surface area contributed by atoms with Crippen LogP contribution in [0.3, 0.4) is 0 Å². The highest BCUT2D eigenvalue weighted by Crippen LogP contribution is 2.18. The van der Waals surface area contributed by atoms with Crippen LogP contribution in [0.15, 0.2) is 42.6 Å². The Balaban J connectivity index is 1.55. The van der Waals surface area contributed by atoms with Gasteiger partial charge in [0.05, 0.1) is 5.69 Å². The van der Waals surface area contributed by atoms with Crippen molar-refractivity contribution in [2.75, 3.05) is 6.54 Å². The van der Waals surface area contributed by atoms with Crippen molar-refractivity contribution in [3.63, 3.8) is 0 Å². The number of rotatable bonds is 6.